The number of hydrogen-bond donors (Lipinski definition) is 1. The summed E-state index contributed by atoms with van der Waals surface area (Å²) in [7, 11) is 0. The summed E-state index contributed by atoms with van der Waals surface area (Å²) >= 11 is 1.79. The highest BCUT2D eigenvalue weighted by Gasteiger charge is 2.25. The zero-order chi connectivity index (χ0) is 15.8. The van der Waals surface area contributed by atoms with Gasteiger partial charge < -0.3 is 15.1 Å². The van der Waals surface area contributed by atoms with Crippen LogP contribution in [0.5, 0.6) is 0 Å². The van der Waals surface area contributed by atoms with Crippen molar-refractivity contribution in [2.24, 2.45) is 5.92 Å². The summed E-state index contributed by atoms with van der Waals surface area (Å²) < 4.78 is 0. The first-order chi connectivity index (χ1) is 10.7. The molecule has 24 heavy (non-hydrogen) atoms. The lowest BCUT2D eigenvalue weighted by molar-refractivity contribution is -0.129. The summed E-state index contributed by atoms with van der Waals surface area (Å²) in [6.45, 7) is 10.8. The molecule has 144 valence electrons. The number of rotatable bonds is 10. The third kappa shape index (κ3) is 9.14. The fourth-order valence-electron chi connectivity index (χ4n) is 2.97. The summed E-state index contributed by atoms with van der Waals surface area (Å²) in [6.07, 6.45) is 5.08. The lowest BCUT2D eigenvalue weighted by Crippen LogP contribution is -2.46. The van der Waals surface area contributed by atoms with Gasteiger partial charge >= 0.3 is 0 Å². The zero-order valence-electron chi connectivity index (χ0n) is 15.2. The maximum atomic E-state index is 12.2. The average Bonchev–Trinajstić information content (AvgIpc) is 3.38. The maximum Gasteiger partial charge on any atom is 0.232 e. The molecule has 0 aromatic rings. The summed E-state index contributed by atoms with van der Waals surface area (Å²) in [6, 6.07) is 0.639. The molecule has 1 amide bonds. The minimum absolute atomic E-state index is 0. The minimum atomic E-state index is 0. The molecular weight excluding hydrogens is 365 g/mol. The number of likely N-dealkylation sites (tertiary alicyclic amines) is 1. The summed E-state index contributed by atoms with van der Waals surface area (Å²) in [5.74, 6) is 3.00. The molecule has 7 heteroatoms. The molecule has 0 atom stereocenters. The quantitative estimate of drug-likeness (QED) is 0.572. The SMILES string of the molecule is CCN(CC)CCSCC(=O)N1CCC(NCC2CC2)CC1.Cl.Cl. The molecule has 1 saturated carbocycles. The molecule has 1 heterocycles. The highest BCUT2D eigenvalue weighted by atomic mass is 35.5. The van der Waals surface area contributed by atoms with Gasteiger partial charge in [0.1, 0.15) is 0 Å². The van der Waals surface area contributed by atoms with Crippen LogP contribution < -0.4 is 5.32 Å². The first-order valence-electron chi connectivity index (χ1n) is 9.04. The van der Waals surface area contributed by atoms with E-state index in [0.29, 0.717) is 17.7 Å². The van der Waals surface area contributed by atoms with Crippen molar-refractivity contribution in [3.05, 3.63) is 0 Å². The first kappa shape index (κ1) is 24.3. The van der Waals surface area contributed by atoms with Crippen molar-refractivity contribution in [1.82, 2.24) is 15.1 Å². The predicted molar refractivity (Wildman–Crippen MR) is 110 cm³/mol. The Bertz CT molecular complexity index is 334. The summed E-state index contributed by atoms with van der Waals surface area (Å²) in [5.41, 5.74) is 0. The van der Waals surface area contributed by atoms with E-state index in [-0.39, 0.29) is 24.8 Å². The van der Waals surface area contributed by atoms with Gasteiger partial charge in [0.2, 0.25) is 5.91 Å². The van der Waals surface area contributed by atoms with E-state index >= 15 is 0 Å². The van der Waals surface area contributed by atoms with Crippen molar-refractivity contribution in [3.8, 4) is 0 Å². The first-order valence-corrected chi connectivity index (χ1v) is 10.2. The van der Waals surface area contributed by atoms with Gasteiger partial charge in [-0.3, -0.25) is 4.79 Å². The van der Waals surface area contributed by atoms with Crippen LogP contribution >= 0.6 is 36.6 Å². The Hall–Kier alpha value is 0.320. The molecule has 0 spiro atoms. The van der Waals surface area contributed by atoms with E-state index in [1.807, 2.05) is 0 Å². The molecule has 2 fully saturated rings. The van der Waals surface area contributed by atoms with E-state index in [9.17, 15) is 4.79 Å². The van der Waals surface area contributed by atoms with Gasteiger partial charge in [-0.05, 0) is 51.2 Å². The Morgan fingerprint density at radius 1 is 1.12 bits per heavy atom. The van der Waals surface area contributed by atoms with Gasteiger partial charge in [-0.2, -0.15) is 11.8 Å². The topological polar surface area (TPSA) is 35.6 Å². The molecule has 1 saturated heterocycles. The van der Waals surface area contributed by atoms with Gasteiger partial charge in [-0.15, -0.1) is 24.8 Å². The number of nitrogens with zero attached hydrogens (tertiary/aromatic N) is 2. The van der Waals surface area contributed by atoms with Gasteiger partial charge in [-0.1, -0.05) is 13.8 Å². The summed E-state index contributed by atoms with van der Waals surface area (Å²) in [4.78, 5) is 16.7. The molecule has 4 nitrogen and oxygen atoms in total. The number of piperidine rings is 1. The number of halogens is 2. The van der Waals surface area contributed by atoms with E-state index in [2.05, 4.69) is 29.0 Å². The van der Waals surface area contributed by atoms with Crippen molar-refractivity contribution in [2.75, 3.05) is 50.8 Å². The fourth-order valence-corrected chi connectivity index (χ4v) is 3.86. The highest BCUT2D eigenvalue weighted by Crippen LogP contribution is 2.28. The second-order valence-electron chi connectivity index (χ2n) is 6.59. The number of nitrogens with one attached hydrogen (secondary N) is 1. The number of amides is 1. The van der Waals surface area contributed by atoms with Crippen LogP contribution in [0.3, 0.4) is 0 Å². The third-order valence-corrected chi connectivity index (χ3v) is 5.83. The monoisotopic (exact) mass is 399 g/mol. The van der Waals surface area contributed by atoms with E-state index in [1.54, 1.807) is 11.8 Å². The zero-order valence-corrected chi connectivity index (χ0v) is 17.6. The van der Waals surface area contributed by atoms with Gasteiger partial charge in [-0.25, -0.2) is 0 Å². The predicted octanol–water partition coefficient (Wildman–Crippen LogP) is 2.90. The Balaban J connectivity index is 0.00000264. The van der Waals surface area contributed by atoms with Crippen LogP contribution in [0.25, 0.3) is 0 Å². The minimum Gasteiger partial charge on any atom is -0.342 e. The Morgan fingerprint density at radius 3 is 2.29 bits per heavy atom. The molecular formula is C17H35Cl2N3OS. The molecule has 0 bridgehead atoms. The van der Waals surface area contributed by atoms with E-state index in [4.69, 9.17) is 0 Å². The molecule has 1 aliphatic heterocycles. The van der Waals surface area contributed by atoms with Crippen molar-refractivity contribution in [1.29, 1.82) is 0 Å². The Kier molecular flexibility index (Phi) is 13.7. The van der Waals surface area contributed by atoms with Gasteiger partial charge in [0.25, 0.3) is 0 Å². The van der Waals surface area contributed by atoms with Crippen molar-refractivity contribution in [2.45, 2.75) is 45.6 Å². The van der Waals surface area contributed by atoms with E-state index < -0.39 is 0 Å². The third-order valence-electron chi connectivity index (χ3n) is 4.91. The van der Waals surface area contributed by atoms with Crippen molar-refractivity contribution >= 4 is 42.5 Å². The van der Waals surface area contributed by atoms with Crippen LogP contribution in [0.4, 0.5) is 0 Å². The van der Waals surface area contributed by atoms with E-state index in [1.165, 1.54) is 19.4 Å². The highest BCUT2D eigenvalue weighted by molar-refractivity contribution is 7.99. The van der Waals surface area contributed by atoms with Crippen LogP contribution in [0.15, 0.2) is 0 Å². The fraction of sp³-hybridized carbons (Fsp3) is 0.941. The molecule has 1 aliphatic carbocycles. The second-order valence-corrected chi connectivity index (χ2v) is 7.69. The van der Waals surface area contributed by atoms with Crippen LogP contribution in [0.2, 0.25) is 0 Å². The largest absolute Gasteiger partial charge is 0.342 e. The van der Waals surface area contributed by atoms with Gasteiger partial charge in [0.15, 0.2) is 0 Å². The average molecular weight is 400 g/mol. The molecule has 0 aromatic carbocycles. The lowest BCUT2D eigenvalue weighted by atomic mass is 10.0. The number of hydrogen-bond acceptors (Lipinski definition) is 4. The number of thioether (sulfide) groups is 1. The van der Waals surface area contributed by atoms with Crippen LogP contribution in [-0.4, -0.2) is 72.5 Å². The molecule has 0 aromatic heterocycles. The maximum absolute atomic E-state index is 12.2. The number of carbonyl (C=O) groups excluding carboxylic acids is 1. The van der Waals surface area contributed by atoms with Crippen molar-refractivity contribution in [3.63, 3.8) is 0 Å². The van der Waals surface area contributed by atoms with Crippen LogP contribution in [0, 0.1) is 5.92 Å². The summed E-state index contributed by atoms with van der Waals surface area (Å²) in [5, 5.41) is 3.67. The van der Waals surface area contributed by atoms with Crippen LogP contribution in [0.1, 0.15) is 39.5 Å². The van der Waals surface area contributed by atoms with Crippen LogP contribution in [-0.2, 0) is 4.79 Å². The molecule has 0 radical (unpaired) electrons. The van der Waals surface area contributed by atoms with Crippen molar-refractivity contribution < 1.29 is 4.79 Å². The lowest BCUT2D eigenvalue weighted by Gasteiger charge is -2.32. The van der Waals surface area contributed by atoms with Gasteiger partial charge in [0.05, 0.1) is 5.75 Å². The molecule has 2 rings (SSSR count). The Morgan fingerprint density at radius 2 is 1.75 bits per heavy atom. The normalized spacial score (nSPS) is 18.2. The standard InChI is InChI=1S/C17H33N3OS.2ClH/c1-3-19(4-2)11-12-22-14-17(21)20-9-7-16(8-10-20)18-13-15-5-6-15;;/h15-16,18H,3-14H2,1-2H3;2*1H. The molecule has 0 unspecified atom stereocenters. The van der Waals surface area contributed by atoms with E-state index in [0.717, 1.165) is 57.2 Å². The Labute approximate surface area is 164 Å². The second kappa shape index (κ2) is 13.5. The number of carbonyl (C=O) groups is 1. The molecule has 2 aliphatic rings. The van der Waals surface area contributed by atoms with Gasteiger partial charge in [0, 0.05) is 31.4 Å². The molecule has 1 N–H and O–H groups in total. The smallest absolute Gasteiger partial charge is 0.232 e.